The Bertz CT molecular complexity index is 801. The standard InChI is InChI=1S/C21H26N2O4/c1-2-25-12-8-18-15-22(14-17-5-3-9-23(17)18)21(24)16-6-7-19-20(13-16)27-11-4-10-26-19/h3,5-7,9,13,18H,2,4,8,10-12,14-15H2,1H3/t18-/m1/s1. The number of hydrogen-bond donors (Lipinski definition) is 0. The average Bonchev–Trinajstić information content (AvgIpc) is 3.04. The molecule has 27 heavy (non-hydrogen) atoms. The second kappa shape index (κ2) is 8.05. The van der Waals surface area contributed by atoms with Crippen LogP contribution in [0.2, 0.25) is 0 Å². The van der Waals surface area contributed by atoms with E-state index in [1.54, 1.807) is 0 Å². The molecule has 0 N–H and O–H groups in total. The third-order valence-corrected chi connectivity index (χ3v) is 5.13. The lowest BCUT2D eigenvalue weighted by Crippen LogP contribution is -2.41. The highest BCUT2D eigenvalue weighted by atomic mass is 16.5. The quantitative estimate of drug-likeness (QED) is 0.758. The molecule has 0 radical (unpaired) electrons. The van der Waals surface area contributed by atoms with Crippen molar-refractivity contribution in [1.29, 1.82) is 0 Å². The third kappa shape index (κ3) is 3.81. The molecule has 2 aliphatic rings. The lowest BCUT2D eigenvalue weighted by Gasteiger charge is -2.35. The third-order valence-electron chi connectivity index (χ3n) is 5.13. The zero-order valence-corrected chi connectivity index (χ0v) is 15.7. The highest BCUT2D eigenvalue weighted by Crippen LogP contribution is 2.32. The lowest BCUT2D eigenvalue weighted by atomic mass is 10.1. The maximum atomic E-state index is 13.2. The highest BCUT2D eigenvalue weighted by Gasteiger charge is 2.28. The van der Waals surface area contributed by atoms with Crippen LogP contribution >= 0.6 is 0 Å². The van der Waals surface area contributed by atoms with E-state index >= 15 is 0 Å². The predicted molar refractivity (Wildman–Crippen MR) is 101 cm³/mol. The molecular formula is C21H26N2O4. The normalized spacial score (nSPS) is 18.7. The van der Waals surface area contributed by atoms with E-state index in [-0.39, 0.29) is 11.9 Å². The van der Waals surface area contributed by atoms with E-state index in [1.807, 2.05) is 36.1 Å². The van der Waals surface area contributed by atoms with E-state index in [2.05, 4.69) is 16.8 Å². The molecule has 2 aromatic rings. The first kappa shape index (κ1) is 17.9. The highest BCUT2D eigenvalue weighted by molar-refractivity contribution is 5.95. The number of ether oxygens (including phenoxy) is 3. The summed E-state index contributed by atoms with van der Waals surface area (Å²) in [5, 5.41) is 0. The van der Waals surface area contributed by atoms with Crippen molar-refractivity contribution in [2.24, 2.45) is 0 Å². The van der Waals surface area contributed by atoms with Crippen LogP contribution in [0.4, 0.5) is 0 Å². The van der Waals surface area contributed by atoms with E-state index in [1.165, 1.54) is 0 Å². The van der Waals surface area contributed by atoms with Gasteiger partial charge < -0.3 is 23.7 Å². The molecule has 0 unspecified atom stereocenters. The van der Waals surface area contributed by atoms with Crippen LogP contribution in [0, 0.1) is 0 Å². The Hall–Kier alpha value is -2.47. The van der Waals surface area contributed by atoms with Crippen molar-refractivity contribution in [3.63, 3.8) is 0 Å². The van der Waals surface area contributed by atoms with Crippen LogP contribution in [0.5, 0.6) is 11.5 Å². The number of aromatic nitrogens is 1. The second-order valence-electron chi connectivity index (χ2n) is 6.94. The monoisotopic (exact) mass is 370 g/mol. The second-order valence-corrected chi connectivity index (χ2v) is 6.94. The number of hydrogen-bond acceptors (Lipinski definition) is 4. The molecule has 2 aliphatic heterocycles. The van der Waals surface area contributed by atoms with E-state index in [0.717, 1.165) is 18.5 Å². The zero-order valence-electron chi connectivity index (χ0n) is 15.7. The average molecular weight is 370 g/mol. The topological polar surface area (TPSA) is 52.9 Å². The van der Waals surface area contributed by atoms with Crippen molar-refractivity contribution in [3.05, 3.63) is 47.8 Å². The van der Waals surface area contributed by atoms with Gasteiger partial charge in [0.05, 0.1) is 25.8 Å². The molecule has 1 aromatic heterocycles. The number of carbonyl (C=O) groups is 1. The summed E-state index contributed by atoms with van der Waals surface area (Å²) in [6.45, 7) is 5.97. The summed E-state index contributed by atoms with van der Waals surface area (Å²) in [5.41, 5.74) is 1.80. The fraction of sp³-hybridized carbons (Fsp3) is 0.476. The van der Waals surface area contributed by atoms with Crippen molar-refractivity contribution in [2.45, 2.75) is 32.4 Å². The van der Waals surface area contributed by atoms with Crippen LogP contribution in [-0.2, 0) is 11.3 Å². The number of fused-ring (bicyclic) bond motifs is 2. The first-order valence-corrected chi connectivity index (χ1v) is 9.68. The lowest BCUT2D eigenvalue weighted by molar-refractivity contribution is 0.0639. The van der Waals surface area contributed by atoms with Gasteiger partial charge in [-0.15, -0.1) is 0 Å². The molecule has 0 spiro atoms. The summed E-state index contributed by atoms with van der Waals surface area (Å²) in [7, 11) is 0. The summed E-state index contributed by atoms with van der Waals surface area (Å²) in [5.74, 6) is 1.40. The van der Waals surface area contributed by atoms with Gasteiger partial charge in [0.2, 0.25) is 0 Å². The Balaban J connectivity index is 1.53. The maximum Gasteiger partial charge on any atom is 0.254 e. The Morgan fingerprint density at radius 3 is 2.93 bits per heavy atom. The molecule has 6 nitrogen and oxygen atoms in total. The molecule has 3 heterocycles. The van der Waals surface area contributed by atoms with Gasteiger partial charge in [-0.05, 0) is 43.7 Å². The number of amides is 1. The Labute approximate surface area is 159 Å². The van der Waals surface area contributed by atoms with Gasteiger partial charge in [0.25, 0.3) is 5.91 Å². The molecule has 0 saturated carbocycles. The number of rotatable bonds is 5. The SMILES string of the molecule is CCOCC[C@@H]1CN(C(=O)c2ccc3c(c2)OCCCO3)Cc2cccn21. The largest absolute Gasteiger partial charge is 0.490 e. The molecule has 0 fully saturated rings. The van der Waals surface area contributed by atoms with Crippen molar-refractivity contribution in [2.75, 3.05) is 33.0 Å². The molecule has 1 amide bonds. The van der Waals surface area contributed by atoms with E-state index in [4.69, 9.17) is 14.2 Å². The van der Waals surface area contributed by atoms with Crippen molar-refractivity contribution >= 4 is 5.91 Å². The predicted octanol–water partition coefficient (Wildman–Crippen LogP) is 3.27. The van der Waals surface area contributed by atoms with Gasteiger partial charge in [-0.25, -0.2) is 0 Å². The van der Waals surface area contributed by atoms with Gasteiger partial charge in [0, 0.05) is 43.6 Å². The molecule has 1 atom stereocenters. The Morgan fingerprint density at radius 1 is 1.22 bits per heavy atom. The molecule has 1 aromatic carbocycles. The van der Waals surface area contributed by atoms with Crippen molar-refractivity contribution in [1.82, 2.24) is 9.47 Å². The molecule has 6 heteroatoms. The zero-order chi connectivity index (χ0) is 18.6. The van der Waals surface area contributed by atoms with Gasteiger partial charge in [-0.3, -0.25) is 4.79 Å². The fourth-order valence-corrected chi connectivity index (χ4v) is 3.75. The van der Waals surface area contributed by atoms with Crippen molar-refractivity contribution in [3.8, 4) is 11.5 Å². The molecule has 4 rings (SSSR count). The van der Waals surface area contributed by atoms with Crippen LogP contribution in [0.1, 0.15) is 41.9 Å². The van der Waals surface area contributed by atoms with Crippen LogP contribution in [0.25, 0.3) is 0 Å². The Kier molecular flexibility index (Phi) is 5.34. The molecule has 144 valence electrons. The first-order chi connectivity index (χ1) is 13.3. The fourth-order valence-electron chi connectivity index (χ4n) is 3.75. The van der Waals surface area contributed by atoms with Crippen LogP contribution in [0.15, 0.2) is 36.5 Å². The molecule has 0 saturated heterocycles. The van der Waals surface area contributed by atoms with Crippen LogP contribution < -0.4 is 9.47 Å². The number of carbonyl (C=O) groups excluding carboxylic acids is 1. The summed E-state index contributed by atoms with van der Waals surface area (Å²) in [6, 6.07) is 9.85. The van der Waals surface area contributed by atoms with Crippen LogP contribution in [0.3, 0.4) is 0 Å². The minimum Gasteiger partial charge on any atom is -0.490 e. The Morgan fingerprint density at radius 2 is 2.07 bits per heavy atom. The summed E-state index contributed by atoms with van der Waals surface area (Å²) < 4.78 is 19.2. The van der Waals surface area contributed by atoms with E-state index < -0.39 is 0 Å². The maximum absolute atomic E-state index is 13.2. The summed E-state index contributed by atoms with van der Waals surface area (Å²) >= 11 is 0. The van der Waals surface area contributed by atoms with Gasteiger partial charge in [-0.2, -0.15) is 0 Å². The number of benzene rings is 1. The number of nitrogens with zero attached hydrogens (tertiary/aromatic N) is 2. The van der Waals surface area contributed by atoms with Crippen molar-refractivity contribution < 1.29 is 19.0 Å². The molecule has 0 bridgehead atoms. The van der Waals surface area contributed by atoms with Crippen LogP contribution in [-0.4, -0.2) is 48.3 Å². The minimum absolute atomic E-state index is 0.0273. The van der Waals surface area contributed by atoms with E-state index in [0.29, 0.717) is 56.6 Å². The molecular weight excluding hydrogens is 344 g/mol. The van der Waals surface area contributed by atoms with Gasteiger partial charge in [-0.1, -0.05) is 0 Å². The van der Waals surface area contributed by atoms with E-state index in [9.17, 15) is 4.79 Å². The summed E-state index contributed by atoms with van der Waals surface area (Å²) in [4.78, 5) is 15.1. The van der Waals surface area contributed by atoms with Gasteiger partial charge >= 0.3 is 0 Å². The van der Waals surface area contributed by atoms with Gasteiger partial charge in [0.15, 0.2) is 11.5 Å². The van der Waals surface area contributed by atoms with Gasteiger partial charge in [0.1, 0.15) is 0 Å². The first-order valence-electron chi connectivity index (χ1n) is 9.68. The molecule has 0 aliphatic carbocycles. The summed E-state index contributed by atoms with van der Waals surface area (Å²) in [6.07, 6.45) is 3.84. The smallest absolute Gasteiger partial charge is 0.254 e. The minimum atomic E-state index is 0.0273.